The fourth-order valence-corrected chi connectivity index (χ4v) is 7.48. The number of aryl methyl sites for hydroxylation is 1. The van der Waals surface area contributed by atoms with Gasteiger partial charge in [-0.15, -0.1) is 0 Å². The first-order chi connectivity index (χ1) is 22.5. The van der Waals surface area contributed by atoms with Gasteiger partial charge in [0.1, 0.15) is 0 Å². The summed E-state index contributed by atoms with van der Waals surface area (Å²) >= 11 is 0. The summed E-state index contributed by atoms with van der Waals surface area (Å²) < 4.78 is 4.92. The molecular weight excluding hydrogens is 569 g/mol. The molecule has 0 radical (unpaired) electrons. The van der Waals surface area contributed by atoms with E-state index in [0.717, 1.165) is 0 Å². The molecule has 2 heteroatoms. The van der Waals surface area contributed by atoms with E-state index in [0.29, 0.717) is 0 Å². The summed E-state index contributed by atoms with van der Waals surface area (Å²) in [6.07, 6.45) is 0. The third-order valence-corrected chi connectivity index (χ3v) is 10.0. The molecular formula is C45H42N2. The topological polar surface area (TPSA) is 9.86 Å². The van der Waals surface area contributed by atoms with Crippen LogP contribution in [0.25, 0.3) is 66.1 Å². The van der Waals surface area contributed by atoms with Gasteiger partial charge in [0.05, 0.1) is 22.1 Å². The van der Waals surface area contributed by atoms with Crippen LogP contribution in [0.2, 0.25) is 0 Å². The number of rotatable bonds is 3. The number of aromatic nitrogens is 2. The van der Waals surface area contributed by atoms with Crippen LogP contribution in [0.3, 0.4) is 0 Å². The maximum absolute atomic E-state index is 2.46. The van der Waals surface area contributed by atoms with Gasteiger partial charge in [0.25, 0.3) is 0 Å². The average Bonchev–Trinajstić information content (AvgIpc) is 3.58. The minimum Gasteiger partial charge on any atom is -0.309 e. The van der Waals surface area contributed by atoms with E-state index in [1.54, 1.807) is 0 Å². The highest BCUT2D eigenvalue weighted by atomic mass is 15.0. The Labute approximate surface area is 277 Å². The van der Waals surface area contributed by atoms with Crippen LogP contribution in [0.1, 0.15) is 58.2 Å². The second kappa shape index (κ2) is 10.5. The first-order valence-corrected chi connectivity index (χ1v) is 16.8. The van der Waals surface area contributed by atoms with Crippen molar-refractivity contribution >= 4 is 43.6 Å². The fourth-order valence-electron chi connectivity index (χ4n) is 7.48. The largest absolute Gasteiger partial charge is 0.309 e. The van der Waals surface area contributed by atoms with E-state index in [4.69, 9.17) is 0 Å². The number of nitrogens with zero attached hydrogens (tertiary/aromatic N) is 2. The predicted molar refractivity (Wildman–Crippen MR) is 203 cm³/mol. The Bertz CT molecular complexity index is 2390. The number of fused-ring (bicyclic) bond motifs is 6. The summed E-state index contributed by atoms with van der Waals surface area (Å²) in [5.41, 5.74) is 13.9. The van der Waals surface area contributed by atoms with Crippen LogP contribution in [0.4, 0.5) is 0 Å². The highest BCUT2D eigenvalue weighted by molar-refractivity contribution is 6.18. The van der Waals surface area contributed by atoms with Crippen molar-refractivity contribution in [2.75, 3.05) is 0 Å². The van der Waals surface area contributed by atoms with E-state index in [2.05, 4.69) is 185 Å². The van der Waals surface area contributed by atoms with Gasteiger partial charge in [-0.3, -0.25) is 0 Å². The van der Waals surface area contributed by atoms with Crippen molar-refractivity contribution in [3.05, 3.63) is 144 Å². The normalized spacial score (nSPS) is 12.6. The van der Waals surface area contributed by atoms with Crippen molar-refractivity contribution in [2.24, 2.45) is 0 Å². The van der Waals surface area contributed by atoms with E-state index in [-0.39, 0.29) is 10.8 Å². The first-order valence-electron chi connectivity index (χ1n) is 16.8. The Morgan fingerprint density at radius 1 is 0.447 bits per heavy atom. The molecule has 0 aliphatic rings. The molecule has 0 atom stereocenters. The quantitative estimate of drug-likeness (QED) is 0.188. The molecule has 0 saturated heterocycles. The fraction of sp³-hybridized carbons (Fsp3) is 0.200. The minimum absolute atomic E-state index is 0.0293. The molecule has 0 unspecified atom stereocenters. The van der Waals surface area contributed by atoms with Gasteiger partial charge in [-0.1, -0.05) is 126 Å². The lowest BCUT2D eigenvalue weighted by molar-refractivity contribution is 0.569. The molecule has 0 spiro atoms. The zero-order valence-corrected chi connectivity index (χ0v) is 28.5. The van der Waals surface area contributed by atoms with Crippen LogP contribution in [0.5, 0.6) is 0 Å². The maximum Gasteiger partial charge on any atom is 0.0547 e. The molecule has 0 amide bonds. The van der Waals surface area contributed by atoms with Crippen LogP contribution < -0.4 is 0 Å². The standard InChI is InChI=1S/C45H42N2/c1-29-37(47-38-21-13-11-18-35(38)36-19-12-14-22-39(36)47)24-25-41-42(29)43-34(20-15-23-40(43)46(41)33-16-9-8-10-17-33)30-26-31(44(2,3)4)28-32(27-30)45(5,6)7/h8-28H,1-7H3. The Morgan fingerprint density at radius 2 is 0.979 bits per heavy atom. The Hall–Kier alpha value is -5.08. The molecule has 0 saturated carbocycles. The number of hydrogen-bond donors (Lipinski definition) is 0. The van der Waals surface area contributed by atoms with Crippen molar-refractivity contribution in [2.45, 2.75) is 59.3 Å². The zero-order chi connectivity index (χ0) is 32.7. The SMILES string of the molecule is Cc1c(-n2c3ccccc3c3ccccc32)ccc2c1c1c(-c3cc(C(C)(C)C)cc(C(C)(C)C)c3)cccc1n2-c1ccccc1. The molecule has 2 nitrogen and oxygen atoms in total. The molecule has 0 bridgehead atoms. The van der Waals surface area contributed by atoms with Gasteiger partial charge < -0.3 is 9.13 Å². The second-order valence-electron chi connectivity index (χ2n) is 15.1. The van der Waals surface area contributed by atoms with E-state index in [9.17, 15) is 0 Å². The van der Waals surface area contributed by atoms with E-state index >= 15 is 0 Å². The van der Waals surface area contributed by atoms with Crippen molar-refractivity contribution in [1.29, 1.82) is 0 Å². The number of benzene rings is 6. The average molecular weight is 611 g/mol. The molecule has 0 aliphatic carbocycles. The molecule has 2 aromatic heterocycles. The number of hydrogen-bond acceptors (Lipinski definition) is 0. The van der Waals surface area contributed by atoms with Crippen molar-refractivity contribution in [3.8, 4) is 22.5 Å². The van der Waals surface area contributed by atoms with E-state index in [1.807, 2.05) is 0 Å². The minimum atomic E-state index is 0.0293. The molecule has 232 valence electrons. The molecule has 2 heterocycles. The summed E-state index contributed by atoms with van der Waals surface area (Å²) in [6, 6.07) is 47.2. The van der Waals surface area contributed by atoms with Gasteiger partial charge in [-0.2, -0.15) is 0 Å². The first kappa shape index (κ1) is 29.3. The molecule has 0 aliphatic heterocycles. The van der Waals surface area contributed by atoms with Crippen molar-refractivity contribution in [1.82, 2.24) is 9.13 Å². The van der Waals surface area contributed by atoms with Gasteiger partial charge in [0.15, 0.2) is 0 Å². The van der Waals surface area contributed by atoms with Crippen molar-refractivity contribution in [3.63, 3.8) is 0 Å². The summed E-state index contributed by atoms with van der Waals surface area (Å²) in [6.45, 7) is 16.3. The smallest absolute Gasteiger partial charge is 0.0547 e. The second-order valence-corrected chi connectivity index (χ2v) is 15.1. The summed E-state index contributed by atoms with van der Waals surface area (Å²) in [5, 5.41) is 5.17. The van der Waals surface area contributed by atoms with Crippen LogP contribution in [-0.2, 0) is 10.8 Å². The monoisotopic (exact) mass is 610 g/mol. The lowest BCUT2D eigenvalue weighted by Crippen LogP contribution is -2.16. The van der Waals surface area contributed by atoms with Crippen molar-refractivity contribution < 1.29 is 0 Å². The lowest BCUT2D eigenvalue weighted by atomic mass is 9.78. The van der Waals surface area contributed by atoms with Gasteiger partial charge in [-0.25, -0.2) is 0 Å². The predicted octanol–water partition coefficient (Wildman–Crippen LogP) is 12.5. The Kier molecular flexibility index (Phi) is 6.53. The molecule has 0 N–H and O–H groups in total. The molecule has 47 heavy (non-hydrogen) atoms. The highest BCUT2D eigenvalue weighted by Gasteiger charge is 2.24. The molecule has 8 aromatic rings. The molecule has 6 aromatic carbocycles. The van der Waals surface area contributed by atoms with E-state index < -0.39 is 0 Å². The third kappa shape index (κ3) is 4.61. The molecule has 8 rings (SSSR count). The molecule has 0 fully saturated rings. The van der Waals surface area contributed by atoms with Crippen LogP contribution in [-0.4, -0.2) is 9.13 Å². The van der Waals surface area contributed by atoms with Crippen LogP contribution in [0, 0.1) is 6.92 Å². The lowest BCUT2D eigenvalue weighted by Gasteiger charge is -2.26. The van der Waals surface area contributed by atoms with Gasteiger partial charge in [0.2, 0.25) is 0 Å². The zero-order valence-electron chi connectivity index (χ0n) is 28.5. The van der Waals surface area contributed by atoms with Crippen LogP contribution in [0.15, 0.2) is 127 Å². The Balaban J connectivity index is 1.53. The number of para-hydroxylation sites is 3. The summed E-state index contributed by atoms with van der Waals surface area (Å²) in [5.74, 6) is 0. The summed E-state index contributed by atoms with van der Waals surface area (Å²) in [4.78, 5) is 0. The van der Waals surface area contributed by atoms with E-state index in [1.165, 1.54) is 82.8 Å². The summed E-state index contributed by atoms with van der Waals surface area (Å²) in [7, 11) is 0. The Morgan fingerprint density at radius 3 is 1.57 bits per heavy atom. The third-order valence-electron chi connectivity index (χ3n) is 10.0. The maximum atomic E-state index is 2.46. The van der Waals surface area contributed by atoms with Crippen LogP contribution >= 0.6 is 0 Å². The van der Waals surface area contributed by atoms with Gasteiger partial charge in [0, 0.05) is 32.9 Å². The van der Waals surface area contributed by atoms with Gasteiger partial charge >= 0.3 is 0 Å². The van der Waals surface area contributed by atoms with Gasteiger partial charge in [-0.05, 0) is 88.0 Å². The highest BCUT2D eigenvalue weighted by Crippen LogP contribution is 2.44.